The fourth-order valence-electron chi connectivity index (χ4n) is 2.50. The third-order valence-corrected chi connectivity index (χ3v) is 3.51. The van der Waals surface area contributed by atoms with E-state index in [1.165, 1.54) is 5.56 Å². The van der Waals surface area contributed by atoms with Gasteiger partial charge in [0.1, 0.15) is 11.6 Å². The number of benzene rings is 1. The van der Waals surface area contributed by atoms with Crippen LogP contribution in [0.4, 0.5) is 0 Å². The van der Waals surface area contributed by atoms with Gasteiger partial charge in [0, 0.05) is 18.8 Å². The van der Waals surface area contributed by atoms with Crippen LogP contribution in [-0.4, -0.2) is 16.6 Å². The van der Waals surface area contributed by atoms with Crippen LogP contribution in [0.15, 0.2) is 30.6 Å². The number of hydrogen-bond acceptors (Lipinski definition) is 3. The SMILES string of the molecule is N#CC1CCc2ccc(OCCc3ncc[nH]3)cc21. The molecule has 1 heterocycles. The summed E-state index contributed by atoms with van der Waals surface area (Å²) in [6.07, 6.45) is 6.23. The largest absolute Gasteiger partial charge is 0.493 e. The Hall–Kier alpha value is -2.28. The molecule has 19 heavy (non-hydrogen) atoms. The summed E-state index contributed by atoms with van der Waals surface area (Å²) in [5.74, 6) is 1.80. The van der Waals surface area contributed by atoms with Gasteiger partial charge in [-0.1, -0.05) is 6.07 Å². The molecule has 1 unspecified atom stereocenters. The molecule has 1 aromatic heterocycles. The number of aromatic nitrogens is 2. The zero-order chi connectivity index (χ0) is 13.1. The second-order valence-corrected chi connectivity index (χ2v) is 4.72. The lowest BCUT2D eigenvalue weighted by Crippen LogP contribution is -2.03. The van der Waals surface area contributed by atoms with Crippen molar-refractivity contribution in [3.8, 4) is 11.8 Å². The molecular formula is C15H15N3O. The predicted octanol–water partition coefficient (Wildman–Crippen LogP) is 2.58. The first-order valence-electron chi connectivity index (χ1n) is 6.50. The van der Waals surface area contributed by atoms with Crippen molar-refractivity contribution in [1.29, 1.82) is 5.26 Å². The maximum Gasteiger partial charge on any atom is 0.119 e. The van der Waals surface area contributed by atoms with Gasteiger partial charge in [-0.3, -0.25) is 0 Å². The fraction of sp³-hybridized carbons (Fsp3) is 0.333. The van der Waals surface area contributed by atoms with Crippen LogP contribution in [0.1, 0.15) is 29.3 Å². The van der Waals surface area contributed by atoms with Crippen molar-refractivity contribution in [2.45, 2.75) is 25.2 Å². The lowest BCUT2D eigenvalue weighted by Gasteiger charge is -2.08. The van der Waals surface area contributed by atoms with Crippen LogP contribution in [0.25, 0.3) is 0 Å². The van der Waals surface area contributed by atoms with Gasteiger partial charge in [-0.05, 0) is 36.1 Å². The van der Waals surface area contributed by atoms with E-state index in [2.05, 4.69) is 22.1 Å². The van der Waals surface area contributed by atoms with Crippen LogP contribution in [0.5, 0.6) is 5.75 Å². The number of ether oxygens (including phenoxy) is 1. The van der Waals surface area contributed by atoms with Crippen molar-refractivity contribution < 1.29 is 4.74 Å². The number of nitriles is 1. The minimum atomic E-state index is 0.0311. The monoisotopic (exact) mass is 253 g/mol. The summed E-state index contributed by atoms with van der Waals surface area (Å²) in [5, 5.41) is 9.10. The van der Waals surface area contributed by atoms with E-state index >= 15 is 0 Å². The number of hydrogen-bond donors (Lipinski definition) is 1. The summed E-state index contributed by atoms with van der Waals surface area (Å²) in [6.45, 7) is 0.587. The highest BCUT2D eigenvalue weighted by Crippen LogP contribution is 2.34. The van der Waals surface area contributed by atoms with Crippen LogP contribution in [0.2, 0.25) is 0 Å². The van der Waals surface area contributed by atoms with Crippen molar-refractivity contribution in [1.82, 2.24) is 9.97 Å². The van der Waals surface area contributed by atoms with Gasteiger partial charge in [0.25, 0.3) is 0 Å². The predicted molar refractivity (Wildman–Crippen MR) is 70.9 cm³/mol. The molecule has 1 aliphatic rings. The van der Waals surface area contributed by atoms with Crippen LogP contribution in [0, 0.1) is 11.3 Å². The topological polar surface area (TPSA) is 61.7 Å². The highest BCUT2D eigenvalue weighted by Gasteiger charge is 2.22. The smallest absolute Gasteiger partial charge is 0.119 e. The zero-order valence-corrected chi connectivity index (χ0v) is 10.6. The first-order chi connectivity index (χ1) is 9.36. The molecule has 0 aliphatic heterocycles. The first kappa shape index (κ1) is 11.8. The van der Waals surface area contributed by atoms with E-state index in [-0.39, 0.29) is 5.92 Å². The van der Waals surface area contributed by atoms with Crippen molar-refractivity contribution in [2.24, 2.45) is 0 Å². The van der Waals surface area contributed by atoms with E-state index in [0.29, 0.717) is 6.61 Å². The maximum absolute atomic E-state index is 9.10. The summed E-state index contributed by atoms with van der Waals surface area (Å²) < 4.78 is 5.73. The lowest BCUT2D eigenvalue weighted by atomic mass is 10.0. The summed E-state index contributed by atoms with van der Waals surface area (Å²) in [5.41, 5.74) is 2.42. The van der Waals surface area contributed by atoms with E-state index in [4.69, 9.17) is 10.00 Å². The van der Waals surface area contributed by atoms with E-state index < -0.39 is 0 Å². The van der Waals surface area contributed by atoms with E-state index in [1.54, 1.807) is 6.20 Å². The van der Waals surface area contributed by atoms with E-state index in [9.17, 15) is 0 Å². The van der Waals surface area contributed by atoms with Crippen LogP contribution >= 0.6 is 0 Å². The molecule has 4 nitrogen and oxygen atoms in total. The molecule has 0 bridgehead atoms. The molecule has 2 aromatic rings. The van der Waals surface area contributed by atoms with Gasteiger partial charge in [-0.15, -0.1) is 0 Å². The number of imidazole rings is 1. The molecule has 0 radical (unpaired) electrons. The maximum atomic E-state index is 9.10. The molecule has 0 saturated heterocycles. The van der Waals surface area contributed by atoms with Crippen LogP contribution in [-0.2, 0) is 12.8 Å². The summed E-state index contributed by atoms with van der Waals surface area (Å²) in [4.78, 5) is 7.20. The Morgan fingerprint density at radius 3 is 3.21 bits per heavy atom. The Labute approximate surface area is 112 Å². The van der Waals surface area contributed by atoms with Crippen LogP contribution in [0.3, 0.4) is 0 Å². The number of rotatable bonds is 4. The minimum Gasteiger partial charge on any atom is -0.493 e. The third-order valence-electron chi connectivity index (χ3n) is 3.51. The fourth-order valence-corrected chi connectivity index (χ4v) is 2.50. The number of aryl methyl sites for hydroxylation is 1. The standard InChI is InChI=1S/C15H15N3O/c16-10-12-2-1-11-3-4-13(9-14(11)12)19-8-5-15-17-6-7-18-15/h3-4,6-7,9,12H,1-2,5,8H2,(H,17,18). The number of nitrogens with zero attached hydrogens (tertiary/aromatic N) is 2. The second-order valence-electron chi connectivity index (χ2n) is 4.72. The normalized spacial score (nSPS) is 16.9. The van der Waals surface area contributed by atoms with Gasteiger partial charge in [0.05, 0.1) is 18.6 Å². The molecule has 3 rings (SSSR count). The molecule has 0 saturated carbocycles. The van der Waals surface area contributed by atoms with Crippen molar-refractivity contribution in [3.05, 3.63) is 47.5 Å². The summed E-state index contributed by atoms with van der Waals surface area (Å²) in [7, 11) is 0. The minimum absolute atomic E-state index is 0.0311. The molecule has 4 heteroatoms. The molecule has 0 amide bonds. The highest BCUT2D eigenvalue weighted by atomic mass is 16.5. The van der Waals surface area contributed by atoms with Gasteiger partial charge in [0.2, 0.25) is 0 Å². The number of H-pyrrole nitrogens is 1. The lowest BCUT2D eigenvalue weighted by molar-refractivity contribution is 0.319. The first-order valence-corrected chi connectivity index (χ1v) is 6.50. The Morgan fingerprint density at radius 2 is 2.42 bits per heavy atom. The summed E-state index contributed by atoms with van der Waals surface area (Å²) in [6, 6.07) is 8.43. The van der Waals surface area contributed by atoms with Gasteiger partial charge in [-0.2, -0.15) is 5.26 Å². The average Bonchev–Trinajstić information content (AvgIpc) is 3.07. The summed E-state index contributed by atoms with van der Waals surface area (Å²) >= 11 is 0. The van der Waals surface area contributed by atoms with Gasteiger partial charge < -0.3 is 9.72 Å². The highest BCUT2D eigenvalue weighted by molar-refractivity contribution is 5.43. The van der Waals surface area contributed by atoms with Crippen molar-refractivity contribution >= 4 is 0 Å². The average molecular weight is 253 g/mol. The molecule has 0 fully saturated rings. The Morgan fingerprint density at radius 1 is 1.47 bits per heavy atom. The Kier molecular flexibility index (Phi) is 3.20. The molecule has 1 aromatic carbocycles. The zero-order valence-electron chi connectivity index (χ0n) is 10.6. The molecule has 1 N–H and O–H groups in total. The Bertz CT molecular complexity index is 598. The molecular weight excluding hydrogens is 238 g/mol. The van der Waals surface area contributed by atoms with E-state index in [0.717, 1.165) is 36.4 Å². The molecule has 96 valence electrons. The molecule has 1 atom stereocenters. The number of aromatic amines is 1. The van der Waals surface area contributed by atoms with Gasteiger partial charge in [0.15, 0.2) is 0 Å². The molecule has 1 aliphatic carbocycles. The van der Waals surface area contributed by atoms with Gasteiger partial charge >= 0.3 is 0 Å². The van der Waals surface area contributed by atoms with Gasteiger partial charge in [-0.25, -0.2) is 4.98 Å². The third kappa shape index (κ3) is 2.45. The number of nitrogens with one attached hydrogen (secondary N) is 1. The van der Waals surface area contributed by atoms with E-state index in [1.807, 2.05) is 18.3 Å². The Balaban J connectivity index is 1.64. The quantitative estimate of drug-likeness (QED) is 0.911. The molecule has 0 spiro atoms. The number of fused-ring (bicyclic) bond motifs is 1. The van der Waals surface area contributed by atoms with Crippen molar-refractivity contribution in [3.63, 3.8) is 0 Å². The van der Waals surface area contributed by atoms with Crippen molar-refractivity contribution in [2.75, 3.05) is 6.61 Å². The second kappa shape index (κ2) is 5.15. The van der Waals surface area contributed by atoms with Crippen LogP contribution < -0.4 is 4.74 Å².